The number of carbonyl (C=O) groups is 1. The van der Waals surface area contributed by atoms with E-state index in [0.29, 0.717) is 29.2 Å². The van der Waals surface area contributed by atoms with E-state index in [4.69, 9.17) is 4.74 Å². The predicted molar refractivity (Wildman–Crippen MR) is 141 cm³/mol. The number of anilines is 1. The second kappa shape index (κ2) is 10.2. The second-order valence-corrected chi connectivity index (χ2v) is 10.7. The van der Waals surface area contributed by atoms with Gasteiger partial charge in [0.1, 0.15) is 23.0 Å². The molecule has 1 aliphatic heterocycles. The molecule has 0 fully saturated rings. The van der Waals surface area contributed by atoms with Crippen LogP contribution in [0.2, 0.25) is 0 Å². The molecule has 4 rings (SSSR count). The van der Waals surface area contributed by atoms with Crippen molar-refractivity contribution < 1.29 is 26.7 Å². The van der Waals surface area contributed by atoms with Crippen molar-refractivity contribution in [3.63, 3.8) is 0 Å². The summed E-state index contributed by atoms with van der Waals surface area (Å²) in [5, 5.41) is 4.17. The zero-order valence-electron chi connectivity index (χ0n) is 21.8. The van der Waals surface area contributed by atoms with Gasteiger partial charge in [0.05, 0.1) is 19.1 Å². The number of methoxy groups -OCH3 is 1. The molecule has 12 heteroatoms. The molecule has 1 aromatic heterocycles. The SMILES string of the molecule is CCN(C)/C(=N/S(C)(=O)=O)c1ccc(N2CCc3c(C(C)(F)F)nn(-c4ccc(OC)cc4)c3C2=O)cc1. The third-order valence-electron chi connectivity index (χ3n) is 6.27. The number of halogens is 2. The number of amides is 1. The Bertz CT molecular complexity index is 1480. The highest BCUT2D eigenvalue weighted by molar-refractivity contribution is 7.89. The summed E-state index contributed by atoms with van der Waals surface area (Å²) in [6.45, 7) is 3.35. The summed E-state index contributed by atoms with van der Waals surface area (Å²) in [5.41, 5.74) is 1.42. The highest BCUT2D eigenvalue weighted by Crippen LogP contribution is 2.36. The standard InChI is InChI=1S/C26H29F2N5O4S/c1-6-31(3)24(30-38(5,35)36)17-7-9-18(10-8-17)32-16-15-21-22(25(32)34)33(29-23(21)26(2,27)28)19-11-13-20(37-4)14-12-19/h7-14H,6,15-16H2,1-5H3/b30-24+. The van der Waals surface area contributed by atoms with E-state index in [1.54, 1.807) is 60.5 Å². The smallest absolute Gasteiger partial charge is 0.289 e. The number of rotatable bonds is 7. The molecule has 1 aliphatic rings. The first kappa shape index (κ1) is 27.2. The van der Waals surface area contributed by atoms with E-state index in [2.05, 4.69) is 9.50 Å². The predicted octanol–water partition coefficient (Wildman–Crippen LogP) is 3.85. The van der Waals surface area contributed by atoms with Gasteiger partial charge in [-0.05, 0) is 61.9 Å². The van der Waals surface area contributed by atoms with Gasteiger partial charge in [-0.25, -0.2) is 13.1 Å². The van der Waals surface area contributed by atoms with E-state index in [1.165, 1.54) is 16.7 Å². The number of hydrogen-bond acceptors (Lipinski definition) is 5. The molecule has 0 bridgehead atoms. The Hall–Kier alpha value is -3.80. The van der Waals surface area contributed by atoms with Crippen LogP contribution in [-0.4, -0.2) is 68.3 Å². The summed E-state index contributed by atoms with van der Waals surface area (Å²) in [5.74, 6) is -2.84. The Labute approximate surface area is 220 Å². The van der Waals surface area contributed by atoms with Crippen molar-refractivity contribution in [2.75, 3.05) is 38.4 Å². The molecule has 2 heterocycles. The minimum Gasteiger partial charge on any atom is -0.497 e. The molecule has 38 heavy (non-hydrogen) atoms. The van der Waals surface area contributed by atoms with E-state index >= 15 is 0 Å². The summed E-state index contributed by atoms with van der Waals surface area (Å²) >= 11 is 0. The van der Waals surface area contributed by atoms with Crippen LogP contribution in [0.1, 0.15) is 41.2 Å². The number of amidine groups is 1. The Kier molecular flexibility index (Phi) is 7.29. The fraction of sp³-hybridized carbons (Fsp3) is 0.346. The number of ether oxygens (including phenoxy) is 1. The molecule has 0 saturated carbocycles. The molecule has 2 aromatic carbocycles. The first-order chi connectivity index (χ1) is 17.8. The van der Waals surface area contributed by atoms with E-state index in [-0.39, 0.29) is 30.1 Å². The summed E-state index contributed by atoms with van der Waals surface area (Å²) in [4.78, 5) is 16.9. The highest BCUT2D eigenvalue weighted by Gasteiger charge is 2.40. The number of nitrogens with zero attached hydrogens (tertiary/aromatic N) is 5. The molecule has 0 aliphatic carbocycles. The van der Waals surface area contributed by atoms with Crippen LogP contribution in [0, 0.1) is 0 Å². The normalized spacial score (nSPS) is 14.4. The van der Waals surface area contributed by atoms with Crippen molar-refractivity contribution in [1.29, 1.82) is 0 Å². The summed E-state index contributed by atoms with van der Waals surface area (Å²) in [6, 6.07) is 13.4. The number of fused-ring (bicyclic) bond motifs is 1. The van der Waals surface area contributed by atoms with Crippen LogP contribution in [0.25, 0.3) is 5.69 Å². The number of alkyl halides is 2. The fourth-order valence-corrected chi connectivity index (χ4v) is 4.87. The second-order valence-electron chi connectivity index (χ2n) is 9.09. The van der Waals surface area contributed by atoms with Gasteiger partial charge in [-0.3, -0.25) is 4.79 Å². The summed E-state index contributed by atoms with van der Waals surface area (Å²) in [6.07, 6.45) is 1.21. The number of benzene rings is 2. The van der Waals surface area contributed by atoms with Crippen molar-refractivity contribution >= 4 is 27.5 Å². The van der Waals surface area contributed by atoms with Gasteiger partial charge in [-0.2, -0.15) is 13.9 Å². The average molecular weight is 546 g/mol. The van der Waals surface area contributed by atoms with E-state index in [0.717, 1.165) is 13.2 Å². The minimum absolute atomic E-state index is 0.0760. The molecular weight excluding hydrogens is 516 g/mol. The van der Waals surface area contributed by atoms with Crippen molar-refractivity contribution in [1.82, 2.24) is 14.7 Å². The van der Waals surface area contributed by atoms with Crippen LogP contribution in [0.4, 0.5) is 14.5 Å². The number of carbonyl (C=O) groups excluding carboxylic acids is 1. The Morgan fingerprint density at radius 3 is 2.26 bits per heavy atom. The zero-order chi connectivity index (χ0) is 27.8. The molecular formula is C26H29F2N5O4S. The molecule has 0 N–H and O–H groups in total. The Morgan fingerprint density at radius 1 is 1.13 bits per heavy atom. The Balaban J connectivity index is 1.75. The lowest BCUT2D eigenvalue weighted by Gasteiger charge is -2.28. The van der Waals surface area contributed by atoms with Crippen molar-refractivity contribution in [2.24, 2.45) is 4.40 Å². The number of aromatic nitrogens is 2. The van der Waals surface area contributed by atoms with E-state index in [9.17, 15) is 22.0 Å². The third kappa shape index (κ3) is 5.40. The van der Waals surface area contributed by atoms with Gasteiger partial charge in [-0.15, -0.1) is 4.40 Å². The monoisotopic (exact) mass is 545 g/mol. The maximum atomic E-state index is 14.5. The molecule has 0 unspecified atom stereocenters. The van der Waals surface area contributed by atoms with Crippen molar-refractivity contribution in [2.45, 2.75) is 26.2 Å². The molecule has 0 spiro atoms. The molecule has 9 nitrogen and oxygen atoms in total. The van der Waals surface area contributed by atoms with Crippen LogP contribution < -0.4 is 9.64 Å². The molecule has 0 atom stereocenters. The van der Waals surface area contributed by atoms with Gasteiger partial charge in [0.15, 0.2) is 0 Å². The van der Waals surface area contributed by atoms with Gasteiger partial charge in [0, 0.05) is 43.9 Å². The van der Waals surface area contributed by atoms with Gasteiger partial charge in [0.2, 0.25) is 0 Å². The molecule has 1 amide bonds. The maximum Gasteiger partial charge on any atom is 0.289 e. The molecule has 202 valence electrons. The van der Waals surface area contributed by atoms with E-state index in [1.807, 2.05) is 6.92 Å². The van der Waals surface area contributed by atoms with E-state index < -0.39 is 27.5 Å². The lowest BCUT2D eigenvalue weighted by atomic mass is 10.00. The lowest BCUT2D eigenvalue weighted by Crippen LogP contribution is -2.39. The maximum absolute atomic E-state index is 14.5. The summed E-state index contributed by atoms with van der Waals surface area (Å²) < 4.78 is 62.9. The van der Waals surface area contributed by atoms with Crippen LogP contribution in [0.5, 0.6) is 5.75 Å². The number of hydrogen-bond donors (Lipinski definition) is 0. The first-order valence-corrected chi connectivity index (χ1v) is 13.8. The highest BCUT2D eigenvalue weighted by atomic mass is 32.2. The molecule has 0 radical (unpaired) electrons. The Morgan fingerprint density at radius 2 is 1.74 bits per heavy atom. The van der Waals surface area contributed by atoms with Crippen LogP contribution in [0.3, 0.4) is 0 Å². The topological polar surface area (TPSA) is 97.1 Å². The minimum atomic E-state index is -3.64. The molecule has 0 saturated heterocycles. The zero-order valence-corrected chi connectivity index (χ0v) is 22.6. The van der Waals surface area contributed by atoms with Gasteiger partial charge < -0.3 is 14.5 Å². The van der Waals surface area contributed by atoms with Crippen LogP contribution >= 0.6 is 0 Å². The quantitative estimate of drug-likeness (QED) is 0.331. The molecule has 3 aromatic rings. The third-order valence-corrected chi connectivity index (χ3v) is 6.78. The van der Waals surface area contributed by atoms with Gasteiger partial charge in [0.25, 0.3) is 21.9 Å². The van der Waals surface area contributed by atoms with Crippen LogP contribution in [-0.2, 0) is 22.4 Å². The van der Waals surface area contributed by atoms with Gasteiger partial charge in [-0.1, -0.05) is 0 Å². The van der Waals surface area contributed by atoms with Crippen molar-refractivity contribution in [3.05, 3.63) is 71.0 Å². The largest absolute Gasteiger partial charge is 0.497 e. The van der Waals surface area contributed by atoms with Gasteiger partial charge >= 0.3 is 0 Å². The first-order valence-electron chi connectivity index (χ1n) is 11.9. The van der Waals surface area contributed by atoms with Crippen LogP contribution in [0.15, 0.2) is 52.9 Å². The van der Waals surface area contributed by atoms with Crippen molar-refractivity contribution in [3.8, 4) is 11.4 Å². The lowest BCUT2D eigenvalue weighted by molar-refractivity contribution is 0.0115. The summed E-state index contributed by atoms with van der Waals surface area (Å²) in [7, 11) is -0.393. The average Bonchev–Trinajstić information content (AvgIpc) is 3.28. The fourth-order valence-electron chi connectivity index (χ4n) is 4.31. The number of sulfonamides is 1.